The van der Waals surface area contributed by atoms with Crippen molar-refractivity contribution in [3.05, 3.63) is 18.0 Å². The Kier molecular flexibility index (Phi) is 5.91. The van der Waals surface area contributed by atoms with E-state index in [2.05, 4.69) is 12.0 Å². The normalized spacial score (nSPS) is 12.6. The quantitative estimate of drug-likeness (QED) is 0.748. The van der Waals surface area contributed by atoms with Gasteiger partial charge in [0.25, 0.3) is 0 Å². The van der Waals surface area contributed by atoms with Crippen LogP contribution in [0.15, 0.2) is 12.4 Å². The van der Waals surface area contributed by atoms with Crippen LogP contribution in [0.5, 0.6) is 0 Å². The molecule has 17 heavy (non-hydrogen) atoms. The van der Waals surface area contributed by atoms with Crippen LogP contribution < -0.4 is 5.73 Å². The number of Topliss-reactive ketones (excluding diaryl/α,β-unsaturated/α-hetero) is 1. The van der Waals surface area contributed by atoms with Crippen LogP contribution in [0.2, 0.25) is 0 Å². The monoisotopic (exact) mass is 237 g/mol. The summed E-state index contributed by atoms with van der Waals surface area (Å²) in [6, 6.07) is 0. The first-order chi connectivity index (χ1) is 8.11. The van der Waals surface area contributed by atoms with Crippen molar-refractivity contribution in [1.29, 1.82) is 0 Å². The SMILES string of the molecule is CC(CCN)CCC(=O)CCc1cnn(C)c1. The summed E-state index contributed by atoms with van der Waals surface area (Å²) < 4.78 is 1.77. The Bertz CT molecular complexity index is 346. The van der Waals surface area contributed by atoms with Gasteiger partial charge in [0.2, 0.25) is 0 Å². The van der Waals surface area contributed by atoms with Crippen LogP contribution in [0.1, 0.15) is 38.2 Å². The minimum atomic E-state index is 0.345. The van der Waals surface area contributed by atoms with Gasteiger partial charge in [-0.2, -0.15) is 5.10 Å². The summed E-state index contributed by atoms with van der Waals surface area (Å²) in [5.74, 6) is 0.903. The number of aromatic nitrogens is 2. The largest absolute Gasteiger partial charge is 0.330 e. The van der Waals surface area contributed by atoms with Crippen molar-refractivity contribution in [2.75, 3.05) is 6.54 Å². The average Bonchev–Trinajstić information content (AvgIpc) is 2.70. The molecule has 1 rings (SSSR count). The highest BCUT2D eigenvalue weighted by atomic mass is 16.1. The molecule has 0 aliphatic carbocycles. The van der Waals surface area contributed by atoms with Crippen molar-refractivity contribution in [2.24, 2.45) is 18.7 Å². The zero-order valence-corrected chi connectivity index (χ0v) is 10.9. The molecule has 4 heteroatoms. The number of hydrogen-bond donors (Lipinski definition) is 1. The molecular formula is C13H23N3O. The number of carbonyl (C=O) groups is 1. The van der Waals surface area contributed by atoms with Gasteiger partial charge in [0, 0.05) is 26.1 Å². The van der Waals surface area contributed by atoms with Crippen LogP contribution >= 0.6 is 0 Å². The Morgan fingerprint density at radius 2 is 2.24 bits per heavy atom. The van der Waals surface area contributed by atoms with E-state index in [1.807, 2.05) is 19.4 Å². The molecule has 0 aromatic carbocycles. The zero-order chi connectivity index (χ0) is 12.7. The van der Waals surface area contributed by atoms with Crippen LogP contribution in [-0.4, -0.2) is 22.1 Å². The highest BCUT2D eigenvalue weighted by Gasteiger charge is 2.07. The van der Waals surface area contributed by atoms with E-state index >= 15 is 0 Å². The summed E-state index contributed by atoms with van der Waals surface area (Å²) in [5, 5.41) is 4.08. The van der Waals surface area contributed by atoms with Gasteiger partial charge in [-0.25, -0.2) is 0 Å². The molecule has 0 saturated carbocycles. The van der Waals surface area contributed by atoms with Crippen LogP contribution in [0, 0.1) is 5.92 Å². The van der Waals surface area contributed by atoms with E-state index in [0.717, 1.165) is 24.8 Å². The number of hydrogen-bond acceptors (Lipinski definition) is 3. The fraction of sp³-hybridized carbons (Fsp3) is 0.692. The smallest absolute Gasteiger partial charge is 0.133 e. The summed E-state index contributed by atoms with van der Waals surface area (Å²) in [4.78, 5) is 11.7. The predicted molar refractivity (Wildman–Crippen MR) is 68.6 cm³/mol. The van der Waals surface area contributed by atoms with Gasteiger partial charge >= 0.3 is 0 Å². The van der Waals surface area contributed by atoms with Gasteiger partial charge in [0.15, 0.2) is 0 Å². The molecule has 0 spiro atoms. The molecule has 0 aliphatic rings. The average molecular weight is 237 g/mol. The fourth-order valence-electron chi connectivity index (χ4n) is 1.85. The molecule has 1 atom stereocenters. The second-order valence-electron chi connectivity index (χ2n) is 4.78. The third-order valence-corrected chi connectivity index (χ3v) is 3.03. The highest BCUT2D eigenvalue weighted by Crippen LogP contribution is 2.11. The molecule has 0 fully saturated rings. The van der Waals surface area contributed by atoms with Crippen LogP contribution in [0.3, 0.4) is 0 Å². The van der Waals surface area contributed by atoms with Gasteiger partial charge in [-0.05, 0) is 37.3 Å². The standard InChI is InChI=1S/C13H23N3O/c1-11(7-8-14)3-5-13(17)6-4-12-9-15-16(2)10-12/h9-11H,3-8,14H2,1-2H3. The maximum atomic E-state index is 11.7. The lowest BCUT2D eigenvalue weighted by Gasteiger charge is -2.08. The highest BCUT2D eigenvalue weighted by molar-refractivity contribution is 5.78. The summed E-state index contributed by atoms with van der Waals surface area (Å²) in [6.45, 7) is 2.87. The van der Waals surface area contributed by atoms with Gasteiger partial charge < -0.3 is 5.73 Å². The summed E-state index contributed by atoms with van der Waals surface area (Å²) >= 11 is 0. The second-order valence-corrected chi connectivity index (χ2v) is 4.78. The van der Waals surface area contributed by atoms with Gasteiger partial charge in [0.05, 0.1) is 6.20 Å². The molecule has 0 bridgehead atoms. The van der Waals surface area contributed by atoms with Gasteiger partial charge in [-0.1, -0.05) is 6.92 Å². The fourth-order valence-corrected chi connectivity index (χ4v) is 1.85. The van der Waals surface area contributed by atoms with Crippen LogP contribution in [-0.2, 0) is 18.3 Å². The zero-order valence-electron chi connectivity index (χ0n) is 10.9. The Morgan fingerprint density at radius 3 is 2.82 bits per heavy atom. The lowest BCUT2D eigenvalue weighted by atomic mass is 9.98. The van der Waals surface area contributed by atoms with Crippen molar-refractivity contribution in [3.63, 3.8) is 0 Å². The lowest BCUT2D eigenvalue weighted by molar-refractivity contribution is -0.119. The Morgan fingerprint density at radius 1 is 1.47 bits per heavy atom. The number of nitrogens with two attached hydrogens (primary N) is 1. The molecule has 0 saturated heterocycles. The number of ketones is 1. The minimum absolute atomic E-state index is 0.345. The molecule has 1 aromatic rings. The van der Waals surface area contributed by atoms with E-state index in [1.165, 1.54) is 0 Å². The molecule has 0 aliphatic heterocycles. The van der Waals surface area contributed by atoms with E-state index in [9.17, 15) is 4.79 Å². The van der Waals surface area contributed by atoms with Crippen LogP contribution in [0.25, 0.3) is 0 Å². The molecule has 1 heterocycles. The molecule has 0 radical (unpaired) electrons. The molecule has 96 valence electrons. The Labute approximate surface area is 103 Å². The third-order valence-electron chi connectivity index (χ3n) is 3.03. The summed E-state index contributed by atoms with van der Waals surface area (Å²) in [6.07, 6.45) is 7.87. The molecular weight excluding hydrogens is 214 g/mol. The Balaban J connectivity index is 2.17. The molecule has 4 nitrogen and oxygen atoms in total. The third kappa shape index (κ3) is 5.63. The first-order valence-electron chi connectivity index (χ1n) is 6.31. The maximum absolute atomic E-state index is 11.7. The number of aryl methyl sites for hydroxylation is 2. The molecule has 0 amide bonds. The van der Waals surface area contributed by atoms with Crippen molar-refractivity contribution in [3.8, 4) is 0 Å². The van der Waals surface area contributed by atoms with Gasteiger partial charge in [-0.3, -0.25) is 9.48 Å². The number of rotatable bonds is 8. The predicted octanol–water partition coefficient (Wildman–Crippen LogP) is 1.69. The van der Waals surface area contributed by atoms with Crippen molar-refractivity contribution in [2.45, 2.75) is 39.0 Å². The molecule has 2 N–H and O–H groups in total. The van der Waals surface area contributed by atoms with E-state index < -0.39 is 0 Å². The van der Waals surface area contributed by atoms with Crippen molar-refractivity contribution >= 4 is 5.78 Å². The number of carbonyl (C=O) groups excluding carboxylic acids is 1. The van der Waals surface area contributed by atoms with E-state index in [0.29, 0.717) is 31.1 Å². The lowest BCUT2D eigenvalue weighted by Crippen LogP contribution is -2.08. The summed E-state index contributed by atoms with van der Waals surface area (Å²) in [5.41, 5.74) is 6.61. The first kappa shape index (κ1) is 13.9. The summed E-state index contributed by atoms with van der Waals surface area (Å²) in [7, 11) is 1.89. The van der Waals surface area contributed by atoms with Crippen molar-refractivity contribution in [1.82, 2.24) is 9.78 Å². The Hall–Kier alpha value is -1.16. The van der Waals surface area contributed by atoms with E-state index in [4.69, 9.17) is 5.73 Å². The minimum Gasteiger partial charge on any atom is -0.330 e. The molecule has 1 aromatic heterocycles. The maximum Gasteiger partial charge on any atom is 0.133 e. The number of nitrogens with zero attached hydrogens (tertiary/aromatic N) is 2. The van der Waals surface area contributed by atoms with Crippen LogP contribution in [0.4, 0.5) is 0 Å². The van der Waals surface area contributed by atoms with Gasteiger partial charge in [0.1, 0.15) is 5.78 Å². The first-order valence-corrected chi connectivity index (χ1v) is 6.31. The second kappa shape index (κ2) is 7.22. The molecule has 1 unspecified atom stereocenters. The van der Waals surface area contributed by atoms with E-state index in [1.54, 1.807) is 4.68 Å². The topological polar surface area (TPSA) is 60.9 Å². The van der Waals surface area contributed by atoms with E-state index in [-0.39, 0.29) is 0 Å². The van der Waals surface area contributed by atoms with Gasteiger partial charge in [-0.15, -0.1) is 0 Å². The van der Waals surface area contributed by atoms with Crippen molar-refractivity contribution < 1.29 is 4.79 Å².